The smallest absolute Gasteiger partial charge is 0.339 e. The van der Waals surface area contributed by atoms with Gasteiger partial charge in [-0.05, 0) is 107 Å². The van der Waals surface area contributed by atoms with Crippen LogP contribution in [0.15, 0.2) is 97.3 Å². The Morgan fingerprint density at radius 1 is 0.661 bits per heavy atom. The summed E-state index contributed by atoms with van der Waals surface area (Å²) in [6.07, 6.45) is 6.40. The molecule has 2 saturated heterocycles. The van der Waals surface area contributed by atoms with Crippen LogP contribution < -0.4 is 15.1 Å². The van der Waals surface area contributed by atoms with Crippen LogP contribution in [-0.4, -0.2) is 92.9 Å². The molecule has 0 unspecified atom stereocenters. The molecule has 0 saturated carbocycles. The Labute approximate surface area is 334 Å². The summed E-state index contributed by atoms with van der Waals surface area (Å²) in [5.74, 6) is -0.544. The van der Waals surface area contributed by atoms with Gasteiger partial charge in [0.05, 0.1) is 49.8 Å². The zero-order valence-electron chi connectivity index (χ0n) is 32.2. The first-order valence-electron chi connectivity index (χ1n) is 18.2. The molecule has 2 aliphatic rings. The van der Waals surface area contributed by atoms with Crippen molar-refractivity contribution >= 4 is 54.3 Å². The standard InChI is InChI=1S/C21H25N3O3.C20H23N3O3.CH2O.ClH/c1-23-12-10-16(11-13-23)20(25)24(19-6-4-3-5-7-19)15-18-9-8-17(14-22-18)21(26)27-2;1-26-20(25)16-7-8-17(22-13-16)14-23(18-5-3-2-4-6-18)19(24)15-9-11-21-12-10-15;1-2;/h3-9,14,16H,10-13,15H2,1-2H3;2-8,13,15,21H,9-12,14H2,1H3;1H2;1H. The van der Waals surface area contributed by atoms with Crippen LogP contribution >= 0.6 is 12.4 Å². The van der Waals surface area contributed by atoms with Crippen molar-refractivity contribution in [2.24, 2.45) is 11.8 Å². The highest BCUT2D eigenvalue weighted by Crippen LogP contribution is 2.25. The van der Waals surface area contributed by atoms with Crippen molar-refractivity contribution in [3.05, 3.63) is 120 Å². The SMILES string of the molecule is C=O.COC(=O)c1ccc(CN(C(=O)C2CCN(C)CC2)c2ccccc2)nc1.COC(=O)c1ccc(CN(C(=O)C2CCNCC2)c2ccccc2)nc1.Cl. The predicted molar refractivity (Wildman–Crippen MR) is 217 cm³/mol. The van der Waals surface area contributed by atoms with Gasteiger partial charge < -0.3 is 34.3 Å². The van der Waals surface area contributed by atoms with Gasteiger partial charge in [0.15, 0.2) is 0 Å². The van der Waals surface area contributed by atoms with Gasteiger partial charge >= 0.3 is 11.9 Å². The number of carbonyl (C=O) groups is 5. The zero-order chi connectivity index (χ0) is 39.6. The Morgan fingerprint density at radius 3 is 1.41 bits per heavy atom. The maximum absolute atomic E-state index is 13.2. The van der Waals surface area contributed by atoms with E-state index in [0.717, 1.165) is 74.6 Å². The first kappa shape index (κ1) is 44.9. The molecule has 6 rings (SSSR count). The summed E-state index contributed by atoms with van der Waals surface area (Å²) < 4.78 is 9.40. The molecule has 56 heavy (non-hydrogen) atoms. The van der Waals surface area contributed by atoms with Crippen molar-refractivity contribution in [3.8, 4) is 0 Å². The van der Waals surface area contributed by atoms with Crippen LogP contribution in [0.4, 0.5) is 11.4 Å². The van der Waals surface area contributed by atoms with Crippen molar-refractivity contribution in [2.45, 2.75) is 38.8 Å². The fraction of sp³-hybridized carbons (Fsp3) is 0.357. The van der Waals surface area contributed by atoms with E-state index in [2.05, 4.69) is 27.2 Å². The number of benzene rings is 2. The first-order valence-corrected chi connectivity index (χ1v) is 18.2. The molecule has 1 N–H and O–H groups in total. The summed E-state index contributed by atoms with van der Waals surface area (Å²) in [5.41, 5.74) is 3.97. The van der Waals surface area contributed by atoms with Crippen LogP contribution in [0, 0.1) is 11.8 Å². The summed E-state index contributed by atoms with van der Waals surface area (Å²) in [5, 5.41) is 3.29. The lowest BCUT2D eigenvalue weighted by atomic mass is 9.95. The number of anilines is 2. The van der Waals surface area contributed by atoms with Gasteiger partial charge in [-0.25, -0.2) is 9.59 Å². The minimum absolute atomic E-state index is 0. The van der Waals surface area contributed by atoms with E-state index in [1.807, 2.05) is 67.5 Å². The maximum atomic E-state index is 13.2. The van der Waals surface area contributed by atoms with Crippen LogP contribution in [0.3, 0.4) is 0 Å². The molecule has 2 amide bonds. The van der Waals surface area contributed by atoms with E-state index in [4.69, 9.17) is 14.3 Å². The number of amides is 2. The molecule has 14 heteroatoms. The van der Waals surface area contributed by atoms with E-state index in [9.17, 15) is 19.2 Å². The summed E-state index contributed by atoms with van der Waals surface area (Å²) in [4.78, 5) is 72.0. The number of likely N-dealkylation sites (tertiary alicyclic amines) is 1. The number of pyridine rings is 2. The molecule has 0 spiro atoms. The van der Waals surface area contributed by atoms with Gasteiger partial charge in [0.2, 0.25) is 11.8 Å². The molecule has 0 radical (unpaired) electrons. The minimum Gasteiger partial charge on any atom is -0.465 e. The van der Waals surface area contributed by atoms with Crippen molar-refractivity contribution in [2.75, 3.05) is 57.2 Å². The lowest BCUT2D eigenvalue weighted by Crippen LogP contribution is -2.41. The molecule has 0 aliphatic carbocycles. The molecule has 4 heterocycles. The van der Waals surface area contributed by atoms with E-state index in [1.54, 1.807) is 34.1 Å². The third kappa shape index (κ3) is 12.8. The van der Waals surface area contributed by atoms with Gasteiger partial charge in [0, 0.05) is 35.6 Å². The first-order chi connectivity index (χ1) is 26.8. The number of halogens is 1. The summed E-state index contributed by atoms with van der Waals surface area (Å²) in [7, 11) is 4.77. The predicted octanol–water partition coefficient (Wildman–Crippen LogP) is 5.38. The van der Waals surface area contributed by atoms with Crippen LogP contribution in [0.5, 0.6) is 0 Å². The number of hydrogen-bond acceptors (Lipinski definition) is 11. The van der Waals surface area contributed by atoms with Crippen molar-refractivity contribution in [1.82, 2.24) is 20.2 Å². The summed E-state index contributed by atoms with van der Waals surface area (Å²) in [6, 6.07) is 26.2. The van der Waals surface area contributed by atoms with E-state index >= 15 is 0 Å². The second-order valence-electron chi connectivity index (χ2n) is 13.2. The fourth-order valence-electron chi connectivity index (χ4n) is 6.41. The number of para-hydroxylation sites is 2. The number of piperidine rings is 2. The van der Waals surface area contributed by atoms with E-state index in [-0.39, 0.29) is 36.1 Å². The highest BCUT2D eigenvalue weighted by Gasteiger charge is 2.29. The molecule has 2 aromatic carbocycles. The number of hydrogen-bond donors (Lipinski definition) is 1. The van der Waals surface area contributed by atoms with Gasteiger partial charge in [-0.1, -0.05) is 36.4 Å². The third-order valence-corrected chi connectivity index (χ3v) is 9.56. The van der Waals surface area contributed by atoms with Crippen molar-refractivity contribution < 1.29 is 33.4 Å². The van der Waals surface area contributed by atoms with Gasteiger partial charge in [-0.15, -0.1) is 12.4 Å². The van der Waals surface area contributed by atoms with Crippen LogP contribution in [0.2, 0.25) is 0 Å². The molecule has 13 nitrogen and oxygen atoms in total. The van der Waals surface area contributed by atoms with Crippen LogP contribution in [0.25, 0.3) is 0 Å². The molecule has 2 aromatic heterocycles. The molecule has 0 atom stereocenters. The minimum atomic E-state index is -0.422. The molecule has 298 valence electrons. The lowest BCUT2D eigenvalue weighted by molar-refractivity contribution is -0.124. The average molecular weight is 787 g/mol. The van der Waals surface area contributed by atoms with Gasteiger partial charge in [-0.3, -0.25) is 19.6 Å². The highest BCUT2D eigenvalue weighted by molar-refractivity contribution is 5.96. The number of carbonyl (C=O) groups excluding carboxylic acids is 5. The second kappa shape index (κ2) is 23.4. The number of aromatic nitrogens is 2. The molecular formula is C42H51ClN6O7. The number of methoxy groups -OCH3 is 2. The zero-order valence-corrected chi connectivity index (χ0v) is 33.0. The largest absolute Gasteiger partial charge is 0.465 e. The van der Waals surface area contributed by atoms with Gasteiger partial charge in [0.1, 0.15) is 6.79 Å². The molecule has 2 aliphatic heterocycles. The lowest BCUT2D eigenvalue weighted by Gasteiger charge is -2.32. The van der Waals surface area contributed by atoms with E-state index in [1.165, 1.54) is 26.6 Å². The quantitative estimate of drug-likeness (QED) is 0.206. The normalized spacial score (nSPS) is 14.3. The molecule has 0 bridgehead atoms. The van der Waals surface area contributed by atoms with E-state index < -0.39 is 11.9 Å². The second-order valence-corrected chi connectivity index (χ2v) is 13.2. The van der Waals surface area contributed by atoms with Crippen LogP contribution in [-0.2, 0) is 36.9 Å². The monoisotopic (exact) mass is 786 g/mol. The average Bonchev–Trinajstić information content (AvgIpc) is 3.26. The Hall–Kier alpha value is -5.50. The Balaban J connectivity index is 0.000000283. The number of nitrogens with zero attached hydrogens (tertiary/aromatic N) is 5. The van der Waals surface area contributed by atoms with Crippen molar-refractivity contribution in [1.29, 1.82) is 0 Å². The van der Waals surface area contributed by atoms with E-state index in [0.29, 0.717) is 24.2 Å². The maximum Gasteiger partial charge on any atom is 0.339 e. The number of rotatable bonds is 10. The third-order valence-electron chi connectivity index (χ3n) is 9.56. The Kier molecular flexibility index (Phi) is 18.8. The van der Waals surface area contributed by atoms with Gasteiger partial charge in [0.25, 0.3) is 0 Å². The van der Waals surface area contributed by atoms with Gasteiger partial charge in [-0.2, -0.15) is 0 Å². The summed E-state index contributed by atoms with van der Waals surface area (Å²) >= 11 is 0. The van der Waals surface area contributed by atoms with Crippen LogP contribution in [0.1, 0.15) is 57.8 Å². The van der Waals surface area contributed by atoms with Crippen molar-refractivity contribution in [3.63, 3.8) is 0 Å². The number of esters is 2. The molecule has 4 aromatic rings. The topological polar surface area (TPSA) is 151 Å². The Bertz CT molecular complexity index is 1800. The number of ether oxygens (including phenoxy) is 2. The molecule has 2 fully saturated rings. The summed E-state index contributed by atoms with van der Waals surface area (Å²) in [6.45, 7) is 6.34. The number of nitrogens with one attached hydrogen (secondary N) is 1. The highest BCUT2D eigenvalue weighted by atomic mass is 35.5. The molecular weight excluding hydrogens is 736 g/mol. The fourth-order valence-corrected chi connectivity index (χ4v) is 6.41. The Morgan fingerprint density at radius 2 is 1.05 bits per heavy atom.